The highest BCUT2D eigenvalue weighted by Gasteiger charge is 2.19. The zero-order valence-electron chi connectivity index (χ0n) is 11.3. The average molecular weight is 283 g/mol. The summed E-state index contributed by atoms with van der Waals surface area (Å²) in [5.74, 6) is -0.302. The van der Waals surface area contributed by atoms with Gasteiger partial charge in [-0.2, -0.15) is 0 Å². The Balaban J connectivity index is 2.12. The number of carbonyl (C=O) groups excluding carboxylic acids is 1. The molecule has 1 aliphatic rings. The van der Waals surface area contributed by atoms with E-state index in [1.54, 1.807) is 18.2 Å². The van der Waals surface area contributed by atoms with Gasteiger partial charge < -0.3 is 11.1 Å². The Morgan fingerprint density at radius 1 is 1.19 bits per heavy atom. The van der Waals surface area contributed by atoms with Gasteiger partial charge in [-0.3, -0.25) is 4.99 Å². The monoisotopic (exact) mass is 283 g/mol. The number of halogens is 1. The van der Waals surface area contributed by atoms with E-state index < -0.39 is 6.03 Å². The second-order valence-corrected chi connectivity index (χ2v) is 4.82. The van der Waals surface area contributed by atoms with Gasteiger partial charge >= 0.3 is 6.03 Å². The van der Waals surface area contributed by atoms with Gasteiger partial charge in [0.25, 0.3) is 0 Å². The van der Waals surface area contributed by atoms with E-state index in [-0.39, 0.29) is 5.82 Å². The summed E-state index contributed by atoms with van der Waals surface area (Å²) in [6.07, 6.45) is 0.782. The molecule has 0 saturated heterocycles. The quantitative estimate of drug-likeness (QED) is 0.874. The lowest BCUT2D eigenvalue weighted by atomic mass is 9.92. The van der Waals surface area contributed by atoms with Crippen LogP contribution in [0.4, 0.5) is 14.9 Å². The molecule has 0 saturated carbocycles. The zero-order valence-corrected chi connectivity index (χ0v) is 11.3. The summed E-state index contributed by atoms with van der Waals surface area (Å²) in [4.78, 5) is 15.6. The number of carbonyl (C=O) groups is 1. The van der Waals surface area contributed by atoms with E-state index in [0.717, 1.165) is 23.1 Å². The van der Waals surface area contributed by atoms with Crippen molar-refractivity contribution in [1.29, 1.82) is 0 Å². The Morgan fingerprint density at radius 2 is 2.00 bits per heavy atom. The van der Waals surface area contributed by atoms with E-state index >= 15 is 0 Å². The van der Waals surface area contributed by atoms with Gasteiger partial charge in [0.15, 0.2) is 0 Å². The summed E-state index contributed by atoms with van der Waals surface area (Å²) in [5, 5.41) is 2.58. The Kier molecular flexibility index (Phi) is 3.39. The molecule has 0 radical (unpaired) electrons. The van der Waals surface area contributed by atoms with Gasteiger partial charge in [0, 0.05) is 17.7 Å². The molecule has 1 aliphatic heterocycles. The van der Waals surface area contributed by atoms with Crippen LogP contribution in [-0.4, -0.2) is 18.3 Å². The first-order valence-corrected chi connectivity index (χ1v) is 6.64. The van der Waals surface area contributed by atoms with Crippen molar-refractivity contribution in [3.8, 4) is 0 Å². The van der Waals surface area contributed by atoms with Crippen LogP contribution in [0.5, 0.6) is 0 Å². The van der Waals surface area contributed by atoms with Gasteiger partial charge in [-0.25, -0.2) is 9.18 Å². The molecule has 1 heterocycles. The van der Waals surface area contributed by atoms with Crippen molar-refractivity contribution >= 4 is 17.4 Å². The molecule has 2 amide bonds. The summed E-state index contributed by atoms with van der Waals surface area (Å²) < 4.78 is 13.5. The number of hydrogen-bond donors (Lipinski definition) is 2. The Hall–Kier alpha value is -2.69. The fourth-order valence-corrected chi connectivity index (χ4v) is 2.52. The molecule has 0 aliphatic carbocycles. The lowest BCUT2D eigenvalue weighted by Crippen LogP contribution is -2.22. The number of fused-ring (bicyclic) bond motifs is 1. The summed E-state index contributed by atoms with van der Waals surface area (Å²) in [6.45, 7) is 0.638. The van der Waals surface area contributed by atoms with Crippen LogP contribution in [0.15, 0.2) is 47.5 Å². The molecular formula is C16H14FN3O. The fourth-order valence-electron chi connectivity index (χ4n) is 2.52. The van der Waals surface area contributed by atoms with Crippen LogP contribution in [0.2, 0.25) is 0 Å². The van der Waals surface area contributed by atoms with Crippen molar-refractivity contribution in [2.45, 2.75) is 6.42 Å². The minimum Gasteiger partial charge on any atom is -0.351 e. The summed E-state index contributed by atoms with van der Waals surface area (Å²) in [5.41, 5.74) is 9.00. The van der Waals surface area contributed by atoms with E-state index in [4.69, 9.17) is 5.73 Å². The van der Waals surface area contributed by atoms with Gasteiger partial charge in [0.1, 0.15) is 5.82 Å². The molecule has 0 unspecified atom stereocenters. The number of primary amides is 1. The molecule has 21 heavy (non-hydrogen) atoms. The van der Waals surface area contributed by atoms with E-state index in [0.29, 0.717) is 17.9 Å². The zero-order chi connectivity index (χ0) is 14.8. The first kappa shape index (κ1) is 13.3. The third kappa shape index (κ3) is 2.63. The highest BCUT2D eigenvalue weighted by atomic mass is 19.1. The van der Waals surface area contributed by atoms with Gasteiger partial charge in [0.05, 0.1) is 11.4 Å². The Morgan fingerprint density at radius 3 is 2.81 bits per heavy atom. The Bertz CT molecular complexity index is 740. The van der Waals surface area contributed by atoms with Crippen molar-refractivity contribution in [2.24, 2.45) is 10.7 Å². The molecule has 0 bridgehead atoms. The summed E-state index contributed by atoms with van der Waals surface area (Å²) in [6, 6.07) is 11.3. The number of rotatable bonds is 2. The number of benzene rings is 2. The van der Waals surface area contributed by atoms with Crippen LogP contribution in [0, 0.1) is 5.82 Å². The molecule has 106 valence electrons. The highest BCUT2D eigenvalue weighted by molar-refractivity contribution is 6.18. The molecule has 4 nitrogen and oxygen atoms in total. The van der Waals surface area contributed by atoms with Gasteiger partial charge in [-0.15, -0.1) is 0 Å². The molecule has 2 aromatic carbocycles. The maximum atomic E-state index is 13.5. The third-order valence-corrected chi connectivity index (χ3v) is 3.42. The summed E-state index contributed by atoms with van der Waals surface area (Å²) >= 11 is 0. The minimum atomic E-state index is -0.640. The van der Waals surface area contributed by atoms with E-state index in [9.17, 15) is 9.18 Å². The molecule has 0 fully saturated rings. The topological polar surface area (TPSA) is 67.5 Å². The molecule has 5 heteroatoms. The third-order valence-electron chi connectivity index (χ3n) is 3.42. The molecule has 3 rings (SSSR count). The number of amides is 2. The van der Waals surface area contributed by atoms with Crippen molar-refractivity contribution in [3.63, 3.8) is 0 Å². The second kappa shape index (κ2) is 5.36. The highest BCUT2D eigenvalue weighted by Crippen LogP contribution is 2.25. The first-order chi connectivity index (χ1) is 10.1. The molecular weight excluding hydrogens is 269 g/mol. The van der Waals surface area contributed by atoms with Crippen LogP contribution in [-0.2, 0) is 6.42 Å². The van der Waals surface area contributed by atoms with Crippen molar-refractivity contribution < 1.29 is 9.18 Å². The average Bonchev–Trinajstić information content (AvgIpc) is 2.47. The number of aliphatic imine (C=N–C) groups is 1. The standard InChI is InChI=1S/C16H14FN3O/c17-11-6-5-10-7-8-19-15(13(10)9-11)12-3-1-2-4-14(12)20-16(18)21/h1-6,9H,7-8H2,(H3,18,20,21). The number of para-hydroxylation sites is 1. The number of nitrogens with two attached hydrogens (primary N) is 1. The normalized spacial score (nSPS) is 13.3. The number of hydrogen-bond acceptors (Lipinski definition) is 2. The minimum absolute atomic E-state index is 0.302. The largest absolute Gasteiger partial charge is 0.351 e. The van der Waals surface area contributed by atoms with E-state index in [1.165, 1.54) is 12.1 Å². The number of nitrogens with zero attached hydrogens (tertiary/aromatic N) is 1. The molecule has 0 atom stereocenters. The van der Waals surface area contributed by atoms with Crippen LogP contribution in [0.25, 0.3) is 0 Å². The maximum Gasteiger partial charge on any atom is 0.316 e. The van der Waals surface area contributed by atoms with Gasteiger partial charge in [-0.1, -0.05) is 24.3 Å². The predicted octanol–water partition coefficient (Wildman–Crippen LogP) is 2.71. The summed E-state index contributed by atoms with van der Waals surface area (Å²) in [7, 11) is 0. The first-order valence-electron chi connectivity index (χ1n) is 6.64. The molecule has 0 spiro atoms. The van der Waals surface area contributed by atoms with E-state index in [2.05, 4.69) is 10.3 Å². The van der Waals surface area contributed by atoms with Crippen molar-refractivity contribution in [1.82, 2.24) is 0 Å². The van der Waals surface area contributed by atoms with Gasteiger partial charge in [-0.05, 0) is 30.2 Å². The lowest BCUT2D eigenvalue weighted by Gasteiger charge is -2.19. The lowest BCUT2D eigenvalue weighted by molar-refractivity contribution is 0.259. The number of anilines is 1. The van der Waals surface area contributed by atoms with Crippen LogP contribution >= 0.6 is 0 Å². The number of nitrogens with one attached hydrogen (secondary N) is 1. The van der Waals surface area contributed by atoms with Crippen molar-refractivity contribution in [3.05, 3.63) is 65.0 Å². The predicted molar refractivity (Wildman–Crippen MR) is 80.3 cm³/mol. The molecule has 3 N–H and O–H groups in total. The van der Waals surface area contributed by atoms with Crippen LogP contribution in [0.1, 0.15) is 16.7 Å². The molecule has 2 aromatic rings. The van der Waals surface area contributed by atoms with Crippen LogP contribution < -0.4 is 11.1 Å². The second-order valence-electron chi connectivity index (χ2n) is 4.82. The Labute approximate surface area is 121 Å². The number of urea groups is 1. The van der Waals surface area contributed by atoms with Crippen LogP contribution in [0.3, 0.4) is 0 Å². The van der Waals surface area contributed by atoms with Crippen molar-refractivity contribution in [2.75, 3.05) is 11.9 Å². The van der Waals surface area contributed by atoms with E-state index in [1.807, 2.05) is 12.1 Å². The van der Waals surface area contributed by atoms with Gasteiger partial charge in [0.2, 0.25) is 0 Å². The molecule has 0 aromatic heterocycles. The SMILES string of the molecule is NC(=O)Nc1ccccc1C1=NCCc2ccc(F)cc21. The maximum absolute atomic E-state index is 13.5. The fraction of sp³-hybridized carbons (Fsp3) is 0.125. The smallest absolute Gasteiger partial charge is 0.316 e.